The topological polar surface area (TPSA) is 106 Å². The molecule has 0 aromatic rings. The second kappa shape index (κ2) is 4.71. The number of carbonyl (C=O) groups is 2. The van der Waals surface area contributed by atoms with Crippen molar-refractivity contribution in [3.8, 4) is 0 Å². The number of carboxylic acids is 2. The van der Waals surface area contributed by atoms with Crippen molar-refractivity contribution in [1.29, 1.82) is 0 Å². The predicted molar refractivity (Wildman–Crippen MR) is 36.4 cm³/mol. The van der Waals surface area contributed by atoms with E-state index in [0.717, 1.165) is 0 Å². The summed E-state index contributed by atoms with van der Waals surface area (Å²) in [6, 6.07) is -1.48. The number of hydrogen-bond acceptors (Lipinski definition) is 5. The molecule has 2 unspecified atom stereocenters. The molecule has 0 aliphatic carbocycles. The molecule has 0 saturated heterocycles. The van der Waals surface area contributed by atoms with E-state index in [1.165, 1.54) is 0 Å². The largest absolute Gasteiger partial charge is 0.550 e. The Bertz CT molecular complexity index is 180. The Morgan fingerprint density at radius 1 is 1.33 bits per heavy atom. The Morgan fingerprint density at radius 2 is 1.83 bits per heavy atom. The minimum atomic E-state index is -1.56. The fraction of sp³-hybridized carbons (Fsp3) is 0.714. The van der Waals surface area contributed by atoms with Crippen LogP contribution in [0.15, 0.2) is 0 Å². The van der Waals surface area contributed by atoms with Gasteiger partial charge in [0.2, 0.25) is 0 Å². The first kappa shape index (κ1) is 10.9. The first-order chi connectivity index (χ1) is 5.50. The third-order valence-corrected chi connectivity index (χ3v) is 1.61. The molecule has 0 aromatic heterocycles. The van der Waals surface area contributed by atoms with Gasteiger partial charge in [-0.1, -0.05) is 13.3 Å². The van der Waals surface area contributed by atoms with Crippen LogP contribution in [0.5, 0.6) is 0 Å². The van der Waals surface area contributed by atoms with Crippen LogP contribution in [0.1, 0.15) is 19.8 Å². The van der Waals surface area contributed by atoms with Crippen molar-refractivity contribution in [2.45, 2.75) is 25.8 Å². The average Bonchev–Trinajstić information content (AvgIpc) is 1.98. The Kier molecular flexibility index (Phi) is 4.28. The maximum Gasteiger partial charge on any atom is 0.0588 e. The zero-order chi connectivity index (χ0) is 9.72. The van der Waals surface area contributed by atoms with Gasteiger partial charge in [0.25, 0.3) is 0 Å². The van der Waals surface area contributed by atoms with Crippen molar-refractivity contribution < 1.29 is 19.8 Å². The SMILES string of the molecule is CCCC(C(=O)[O-])C(N)C(=O)[O-]. The van der Waals surface area contributed by atoms with Crippen molar-refractivity contribution in [2.24, 2.45) is 11.7 Å². The van der Waals surface area contributed by atoms with Crippen LogP contribution in [0.2, 0.25) is 0 Å². The summed E-state index contributed by atoms with van der Waals surface area (Å²) in [7, 11) is 0. The molecule has 70 valence electrons. The van der Waals surface area contributed by atoms with Gasteiger partial charge < -0.3 is 25.5 Å². The highest BCUT2D eigenvalue weighted by Crippen LogP contribution is 2.08. The van der Waals surface area contributed by atoms with Crippen LogP contribution in [0.25, 0.3) is 0 Å². The molecule has 0 aliphatic rings. The van der Waals surface area contributed by atoms with Gasteiger partial charge in [-0.25, -0.2) is 0 Å². The van der Waals surface area contributed by atoms with Crippen LogP contribution in [-0.4, -0.2) is 18.0 Å². The van der Waals surface area contributed by atoms with E-state index >= 15 is 0 Å². The summed E-state index contributed by atoms with van der Waals surface area (Å²) in [6.07, 6.45) is 0.733. The number of carboxylic acid groups (broad SMARTS) is 2. The summed E-state index contributed by atoms with van der Waals surface area (Å²) < 4.78 is 0. The van der Waals surface area contributed by atoms with Gasteiger partial charge in [-0.05, 0) is 6.42 Å². The molecule has 0 heterocycles. The number of rotatable bonds is 5. The molecular weight excluding hydrogens is 162 g/mol. The number of carbonyl (C=O) groups excluding carboxylic acids is 2. The molecule has 5 heteroatoms. The van der Waals surface area contributed by atoms with Crippen molar-refractivity contribution >= 4 is 11.9 Å². The van der Waals surface area contributed by atoms with E-state index < -0.39 is 23.9 Å². The van der Waals surface area contributed by atoms with E-state index in [1.54, 1.807) is 6.92 Å². The molecule has 0 amide bonds. The summed E-state index contributed by atoms with van der Waals surface area (Å²) in [5.41, 5.74) is 5.06. The lowest BCUT2D eigenvalue weighted by atomic mass is 9.96. The predicted octanol–water partition coefficient (Wildman–Crippen LogP) is -2.77. The first-order valence-electron chi connectivity index (χ1n) is 3.68. The lowest BCUT2D eigenvalue weighted by Gasteiger charge is -2.24. The van der Waals surface area contributed by atoms with Crippen molar-refractivity contribution in [2.75, 3.05) is 0 Å². The van der Waals surface area contributed by atoms with E-state index in [0.29, 0.717) is 6.42 Å². The summed E-state index contributed by atoms with van der Waals surface area (Å²) in [5, 5.41) is 20.5. The quantitative estimate of drug-likeness (QED) is 0.484. The van der Waals surface area contributed by atoms with Crippen LogP contribution in [0.4, 0.5) is 0 Å². The van der Waals surface area contributed by atoms with Crippen LogP contribution in [0, 0.1) is 5.92 Å². The van der Waals surface area contributed by atoms with Gasteiger partial charge in [0.05, 0.1) is 12.0 Å². The molecule has 2 atom stereocenters. The fourth-order valence-electron chi connectivity index (χ4n) is 0.919. The van der Waals surface area contributed by atoms with Crippen LogP contribution < -0.4 is 15.9 Å². The van der Waals surface area contributed by atoms with Crippen LogP contribution >= 0.6 is 0 Å². The summed E-state index contributed by atoms with van der Waals surface area (Å²) in [4.78, 5) is 20.5. The molecule has 0 aromatic carbocycles. The number of nitrogens with two attached hydrogens (primary N) is 1. The summed E-state index contributed by atoms with van der Waals surface area (Å²) in [5.74, 6) is -4.15. The minimum absolute atomic E-state index is 0.192. The standard InChI is InChI=1S/C7H13NO4/c1-2-3-4(6(9)10)5(8)7(11)12/h4-5H,2-3,8H2,1H3,(H,9,10)(H,11,12)/p-2. The van der Waals surface area contributed by atoms with Gasteiger partial charge in [0.15, 0.2) is 0 Å². The lowest BCUT2D eigenvalue weighted by Crippen LogP contribution is -2.52. The normalized spacial score (nSPS) is 15.2. The third kappa shape index (κ3) is 2.87. The monoisotopic (exact) mass is 173 g/mol. The van der Waals surface area contributed by atoms with Gasteiger partial charge in [0, 0.05) is 11.9 Å². The van der Waals surface area contributed by atoms with Crippen molar-refractivity contribution in [3.05, 3.63) is 0 Å². The van der Waals surface area contributed by atoms with Gasteiger partial charge in [-0.3, -0.25) is 0 Å². The van der Waals surface area contributed by atoms with Gasteiger partial charge in [0.1, 0.15) is 0 Å². The molecule has 0 fully saturated rings. The zero-order valence-electron chi connectivity index (χ0n) is 6.78. The van der Waals surface area contributed by atoms with Crippen LogP contribution in [-0.2, 0) is 9.59 Å². The van der Waals surface area contributed by atoms with Crippen molar-refractivity contribution in [1.82, 2.24) is 0 Å². The zero-order valence-corrected chi connectivity index (χ0v) is 6.78. The van der Waals surface area contributed by atoms with E-state index in [4.69, 9.17) is 5.73 Å². The Morgan fingerprint density at radius 3 is 2.08 bits per heavy atom. The van der Waals surface area contributed by atoms with E-state index in [-0.39, 0.29) is 6.42 Å². The minimum Gasteiger partial charge on any atom is -0.550 e. The maximum atomic E-state index is 10.4. The number of hydrogen-bond donors (Lipinski definition) is 1. The van der Waals surface area contributed by atoms with Crippen LogP contribution in [0.3, 0.4) is 0 Å². The Hall–Kier alpha value is -1.10. The molecule has 0 aliphatic heterocycles. The molecule has 0 saturated carbocycles. The molecule has 0 bridgehead atoms. The molecule has 0 rings (SSSR count). The molecule has 5 nitrogen and oxygen atoms in total. The molecule has 0 spiro atoms. The second-order valence-electron chi connectivity index (χ2n) is 2.56. The first-order valence-corrected chi connectivity index (χ1v) is 3.68. The third-order valence-electron chi connectivity index (χ3n) is 1.61. The average molecular weight is 173 g/mol. The van der Waals surface area contributed by atoms with E-state index in [9.17, 15) is 19.8 Å². The lowest BCUT2D eigenvalue weighted by molar-refractivity contribution is -0.322. The Labute approximate surface area is 70.2 Å². The smallest absolute Gasteiger partial charge is 0.0588 e. The molecule has 12 heavy (non-hydrogen) atoms. The van der Waals surface area contributed by atoms with Gasteiger partial charge in [-0.15, -0.1) is 0 Å². The molecular formula is C7H11NO4-2. The molecule has 0 radical (unpaired) electrons. The highest BCUT2D eigenvalue weighted by atomic mass is 16.4. The number of aliphatic carboxylic acids is 2. The Balaban J connectivity index is 4.28. The van der Waals surface area contributed by atoms with Gasteiger partial charge >= 0.3 is 0 Å². The highest BCUT2D eigenvalue weighted by molar-refractivity contribution is 5.80. The second-order valence-corrected chi connectivity index (χ2v) is 2.56. The highest BCUT2D eigenvalue weighted by Gasteiger charge is 2.18. The maximum absolute atomic E-state index is 10.4. The summed E-state index contributed by atoms with van der Waals surface area (Å²) in [6.45, 7) is 1.73. The molecule has 2 N–H and O–H groups in total. The fourth-order valence-corrected chi connectivity index (χ4v) is 0.919. The summed E-state index contributed by atoms with van der Waals surface area (Å²) >= 11 is 0. The van der Waals surface area contributed by atoms with E-state index in [1.807, 2.05) is 0 Å². The van der Waals surface area contributed by atoms with Gasteiger partial charge in [-0.2, -0.15) is 0 Å². The van der Waals surface area contributed by atoms with Crippen molar-refractivity contribution in [3.63, 3.8) is 0 Å². The van der Waals surface area contributed by atoms with E-state index in [2.05, 4.69) is 0 Å².